The summed E-state index contributed by atoms with van der Waals surface area (Å²) in [7, 11) is -2.17. The molecule has 1 atom stereocenters. The van der Waals surface area contributed by atoms with Crippen molar-refractivity contribution in [2.45, 2.75) is 97.0 Å². The first-order valence-corrected chi connectivity index (χ1v) is 10.4. The van der Waals surface area contributed by atoms with Crippen molar-refractivity contribution in [1.82, 2.24) is 0 Å². The van der Waals surface area contributed by atoms with Crippen LogP contribution in [-0.2, 0) is 10.8 Å². The summed E-state index contributed by atoms with van der Waals surface area (Å²) in [6, 6.07) is 6.55. The fourth-order valence-corrected chi connectivity index (χ4v) is 3.26. The van der Waals surface area contributed by atoms with Crippen molar-refractivity contribution in [3.63, 3.8) is 0 Å². The molecule has 162 valence electrons. The van der Waals surface area contributed by atoms with Gasteiger partial charge in [0.2, 0.25) is 0 Å². The summed E-state index contributed by atoms with van der Waals surface area (Å²) in [5, 5.41) is 41.5. The van der Waals surface area contributed by atoms with E-state index in [9.17, 15) is 5.11 Å². The van der Waals surface area contributed by atoms with Crippen LogP contribution in [-0.4, -0.2) is 39.2 Å². The molecule has 0 aliphatic rings. The van der Waals surface area contributed by atoms with Crippen molar-refractivity contribution in [3.8, 4) is 0 Å². The molecule has 5 nitrogen and oxygen atoms in total. The van der Waals surface area contributed by atoms with Gasteiger partial charge in [0, 0.05) is 6.61 Å². The van der Waals surface area contributed by atoms with Crippen LogP contribution in [0.5, 0.6) is 0 Å². The van der Waals surface area contributed by atoms with Crippen LogP contribution in [0.4, 0.5) is 0 Å². The van der Waals surface area contributed by atoms with E-state index < -0.39 is 13.4 Å². The van der Waals surface area contributed by atoms with E-state index >= 15 is 0 Å². The van der Waals surface area contributed by atoms with Crippen molar-refractivity contribution in [3.05, 3.63) is 34.9 Å². The monoisotopic (exact) mass is 396 g/mol. The topological polar surface area (TPSA) is 101 Å². The van der Waals surface area contributed by atoms with Gasteiger partial charge in [-0.1, -0.05) is 72.6 Å². The molecule has 0 saturated heterocycles. The Kier molecular flexibility index (Phi) is 12.2. The Morgan fingerprint density at radius 2 is 1.29 bits per heavy atom. The largest absolute Gasteiger partial charge is 0.631 e. The zero-order valence-corrected chi connectivity index (χ0v) is 18.6. The van der Waals surface area contributed by atoms with Gasteiger partial charge < -0.3 is 25.3 Å². The number of hydrogen-bond donors (Lipinski definition) is 5. The zero-order valence-electron chi connectivity index (χ0n) is 18.6. The maximum atomic E-state index is 11.0. The molecule has 0 aliphatic carbocycles. The number of benzene rings is 1. The summed E-state index contributed by atoms with van der Waals surface area (Å²) in [5.74, 6) is 0. The molecule has 0 fully saturated rings. The van der Waals surface area contributed by atoms with Gasteiger partial charge in [0.1, 0.15) is 0 Å². The molecule has 1 aromatic carbocycles. The van der Waals surface area contributed by atoms with Crippen molar-refractivity contribution in [2.75, 3.05) is 6.61 Å². The van der Waals surface area contributed by atoms with Gasteiger partial charge in [0.15, 0.2) is 0 Å². The highest BCUT2D eigenvalue weighted by atomic mass is 16.5. The maximum absolute atomic E-state index is 11.0. The molecule has 1 aromatic rings. The smallest absolute Gasteiger partial charge is 0.402 e. The second-order valence-electron chi connectivity index (χ2n) is 8.68. The van der Waals surface area contributed by atoms with Crippen LogP contribution in [0.2, 0.25) is 0 Å². The van der Waals surface area contributed by atoms with Gasteiger partial charge in [-0.15, -0.1) is 0 Å². The van der Waals surface area contributed by atoms with Crippen LogP contribution in [0.3, 0.4) is 0 Å². The van der Waals surface area contributed by atoms with Crippen LogP contribution in [0.25, 0.3) is 0 Å². The van der Waals surface area contributed by atoms with Gasteiger partial charge in [0.25, 0.3) is 0 Å². The van der Waals surface area contributed by atoms with E-state index in [1.165, 1.54) is 11.1 Å². The van der Waals surface area contributed by atoms with Crippen LogP contribution < -0.4 is 0 Å². The molecule has 0 radical (unpaired) electrons. The van der Waals surface area contributed by atoms with E-state index in [-0.39, 0.29) is 17.4 Å². The molecule has 5 N–H and O–H groups in total. The second kappa shape index (κ2) is 12.6. The maximum Gasteiger partial charge on any atom is 0.631 e. The zero-order chi connectivity index (χ0) is 22.0. The lowest BCUT2D eigenvalue weighted by Gasteiger charge is -2.34. The standard InChI is InChI=1S/C22H38O2.BH3O3/c1-7-21(3,4)17-13-12-14-18(22(5,6)8-2)20(17)19(24)15-10-9-11-16-23;2-1(3)4/h12-14,19,23-24H,7-11,15-16H2,1-6H3;2-4H. The lowest BCUT2D eigenvalue weighted by atomic mass is 9.71. The van der Waals surface area contributed by atoms with E-state index in [0.29, 0.717) is 0 Å². The fraction of sp³-hybridized carbons (Fsp3) is 0.727. The molecular weight excluding hydrogens is 355 g/mol. The van der Waals surface area contributed by atoms with Crippen LogP contribution >= 0.6 is 0 Å². The third-order valence-electron chi connectivity index (χ3n) is 5.80. The summed E-state index contributed by atoms with van der Waals surface area (Å²) >= 11 is 0. The number of unbranched alkanes of at least 4 members (excludes halogenated alkanes) is 2. The highest BCUT2D eigenvalue weighted by molar-refractivity contribution is 6.30. The average Bonchev–Trinajstić information content (AvgIpc) is 2.64. The Balaban J connectivity index is 0.00000165. The summed E-state index contributed by atoms with van der Waals surface area (Å²) in [5.41, 5.74) is 3.85. The Labute approximate surface area is 171 Å². The van der Waals surface area contributed by atoms with Crippen LogP contribution in [0.15, 0.2) is 18.2 Å². The summed E-state index contributed by atoms with van der Waals surface area (Å²) < 4.78 is 0. The Hall–Kier alpha value is -0.915. The summed E-state index contributed by atoms with van der Waals surface area (Å²) in [4.78, 5) is 0. The Bertz CT molecular complexity index is 521. The molecule has 0 saturated carbocycles. The minimum atomic E-state index is -2.17. The van der Waals surface area contributed by atoms with Crippen LogP contribution in [0.1, 0.15) is 103 Å². The van der Waals surface area contributed by atoms with Crippen molar-refractivity contribution < 1.29 is 25.3 Å². The van der Waals surface area contributed by atoms with Gasteiger partial charge in [-0.2, -0.15) is 0 Å². The molecule has 6 heteroatoms. The normalized spacial score (nSPS) is 13.0. The molecule has 0 amide bonds. The van der Waals surface area contributed by atoms with E-state index in [4.69, 9.17) is 20.2 Å². The molecule has 0 bridgehead atoms. The third-order valence-corrected chi connectivity index (χ3v) is 5.80. The van der Waals surface area contributed by atoms with Crippen molar-refractivity contribution in [1.29, 1.82) is 0 Å². The van der Waals surface area contributed by atoms with E-state index in [1.54, 1.807) is 0 Å². The second-order valence-corrected chi connectivity index (χ2v) is 8.68. The first-order valence-electron chi connectivity index (χ1n) is 10.4. The number of aliphatic hydroxyl groups excluding tert-OH is 2. The van der Waals surface area contributed by atoms with Gasteiger partial charge in [-0.3, -0.25) is 0 Å². The SMILES string of the molecule is CCC(C)(C)c1cccc(C(C)(C)CC)c1C(O)CCCCCO.OB(O)O. The minimum Gasteiger partial charge on any atom is -0.402 e. The first kappa shape index (κ1) is 27.1. The predicted octanol–water partition coefficient (Wildman–Crippen LogP) is 3.60. The number of rotatable bonds is 10. The molecular formula is C22H41BO5. The summed E-state index contributed by atoms with van der Waals surface area (Å²) in [6.45, 7) is 13.8. The van der Waals surface area contributed by atoms with Gasteiger partial charge in [0.05, 0.1) is 6.10 Å². The van der Waals surface area contributed by atoms with Gasteiger partial charge >= 0.3 is 7.32 Å². The number of hydrogen-bond acceptors (Lipinski definition) is 5. The molecule has 0 aromatic heterocycles. The van der Waals surface area contributed by atoms with Crippen LogP contribution in [0, 0.1) is 0 Å². The molecule has 0 heterocycles. The fourth-order valence-electron chi connectivity index (χ4n) is 3.26. The van der Waals surface area contributed by atoms with Gasteiger partial charge in [-0.05, 0) is 53.2 Å². The Morgan fingerprint density at radius 1 is 0.857 bits per heavy atom. The van der Waals surface area contributed by atoms with Crippen molar-refractivity contribution in [2.24, 2.45) is 0 Å². The molecule has 0 spiro atoms. The predicted molar refractivity (Wildman–Crippen MR) is 116 cm³/mol. The highest BCUT2D eigenvalue weighted by Crippen LogP contribution is 2.41. The first-order chi connectivity index (χ1) is 12.9. The minimum absolute atomic E-state index is 0.0568. The lowest BCUT2D eigenvalue weighted by molar-refractivity contribution is 0.156. The van der Waals surface area contributed by atoms with Gasteiger partial charge in [-0.25, -0.2) is 0 Å². The third kappa shape index (κ3) is 8.62. The highest BCUT2D eigenvalue weighted by Gasteiger charge is 2.31. The summed E-state index contributed by atoms with van der Waals surface area (Å²) in [6.07, 6.45) is 5.19. The van der Waals surface area contributed by atoms with E-state index in [0.717, 1.165) is 44.1 Å². The molecule has 0 aliphatic heterocycles. The molecule has 1 rings (SSSR count). The van der Waals surface area contributed by atoms with Crippen molar-refractivity contribution >= 4 is 7.32 Å². The number of aliphatic hydroxyl groups is 2. The lowest BCUT2D eigenvalue weighted by Crippen LogP contribution is -2.25. The molecule has 1 unspecified atom stereocenters. The van der Waals surface area contributed by atoms with E-state index in [2.05, 4.69) is 59.7 Å². The quantitative estimate of drug-likeness (QED) is 0.307. The molecule has 28 heavy (non-hydrogen) atoms. The average molecular weight is 396 g/mol. The Morgan fingerprint density at radius 3 is 1.64 bits per heavy atom. The van der Waals surface area contributed by atoms with E-state index in [1.807, 2.05) is 0 Å².